The van der Waals surface area contributed by atoms with Gasteiger partial charge in [-0.1, -0.05) is 12.1 Å². The minimum absolute atomic E-state index is 0.132. The van der Waals surface area contributed by atoms with Gasteiger partial charge in [0.1, 0.15) is 5.82 Å². The Balaban J connectivity index is 1.36. The average Bonchev–Trinajstić information content (AvgIpc) is 3.42. The van der Waals surface area contributed by atoms with E-state index in [-0.39, 0.29) is 23.4 Å². The van der Waals surface area contributed by atoms with Crippen LogP contribution < -0.4 is 5.32 Å². The third-order valence-corrected chi connectivity index (χ3v) is 5.77. The van der Waals surface area contributed by atoms with Crippen molar-refractivity contribution in [3.63, 3.8) is 0 Å². The standard InChI is InChI=1S/C23H26FN5O3/c1-3-17-13-21(32-27-17)23(31)29-10-8-15(9-11-29)12-20-19(14-28(2)26-20)22(30)25-18-6-4-16(24)5-7-18/h4-7,13-15H,3,8-12H2,1-2H3,(H,25,30). The number of rotatable bonds is 6. The van der Waals surface area contributed by atoms with E-state index in [2.05, 4.69) is 15.6 Å². The third kappa shape index (κ3) is 4.87. The van der Waals surface area contributed by atoms with Gasteiger partial charge in [0.25, 0.3) is 11.8 Å². The van der Waals surface area contributed by atoms with Gasteiger partial charge in [-0.3, -0.25) is 14.3 Å². The van der Waals surface area contributed by atoms with Gasteiger partial charge in [-0.2, -0.15) is 5.10 Å². The van der Waals surface area contributed by atoms with Crippen molar-refractivity contribution in [1.82, 2.24) is 19.8 Å². The molecule has 0 aliphatic carbocycles. The molecule has 1 aliphatic rings. The molecule has 1 saturated heterocycles. The fourth-order valence-corrected chi connectivity index (χ4v) is 3.96. The van der Waals surface area contributed by atoms with Crippen LogP contribution >= 0.6 is 0 Å². The van der Waals surface area contributed by atoms with Gasteiger partial charge in [-0.15, -0.1) is 0 Å². The number of carbonyl (C=O) groups excluding carboxylic acids is 2. The highest BCUT2D eigenvalue weighted by Crippen LogP contribution is 2.24. The van der Waals surface area contributed by atoms with E-state index in [1.165, 1.54) is 24.3 Å². The molecule has 0 saturated carbocycles. The van der Waals surface area contributed by atoms with Gasteiger partial charge >= 0.3 is 0 Å². The molecule has 32 heavy (non-hydrogen) atoms. The van der Waals surface area contributed by atoms with Crippen LogP contribution in [-0.2, 0) is 19.9 Å². The normalized spacial score (nSPS) is 14.5. The number of aromatic nitrogens is 3. The number of likely N-dealkylation sites (tertiary alicyclic amines) is 1. The van der Waals surface area contributed by atoms with Crippen molar-refractivity contribution in [1.29, 1.82) is 0 Å². The highest BCUT2D eigenvalue weighted by atomic mass is 19.1. The largest absolute Gasteiger partial charge is 0.351 e. The number of aryl methyl sites for hydroxylation is 2. The highest BCUT2D eigenvalue weighted by molar-refractivity contribution is 6.04. The summed E-state index contributed by atoms with van der Waals surface area (Å²) in [4.78, 5) is 27.2. The lowest BCUT2D eigenvalue weighted by Gasteiger charge is -2.31. The first-order chi connectivity index (χ1) is 15.4. The van der Waals surface area contributed by atoms with E-state index in [4.69, 9.17) is 4.52 Å². The molecule has 0 radical (unpaired) electrons. The maximum Gasteiger partial charge on any atom is 0.292 e. The second-order valence-corrected chi connectivity index (χ2v) is 8.10. The molecule has 9 heteroatoms. The second-order valence-electron chi connectivity index (χ2n) is 8.10. The van der Waals surface area contributed by atoms with Crippen molar-refractivity contribution < 1.29 is 18.5 Å². The fourth-order valence-electron chi connectivity index (χ4n) is 3.96. The van der Waals surface area contributed by atoms with E-state index in [0.29, 0.717) is 36.7 Å². The van der Waals surface area contributed by atoms with Crippen LogP contribution in [0.5, 0.6) is 0 Å². The van der Waals surface area contributed by atoms with Crippen LogP contribution in [0.2, 0.25) is 0 Å². The SMILES string of the molecule is CCc1cc(C(=O)N2CCC(Cc3nn(C)cc3C(=O)Nc3ccc(F)cc3)CC2)on1. The zero-order chi connectivity index (χ0) is 22.7. The fraction of sp³-hybridized carbons (Fsp3) is 0.391. The maximum absolute atomic E-state index is 13.1. The van der Waals surface area contributed by atoms with E-state index in [1.807, 2.05) is 6.92 Å². The number of nitrogens with one attached hydrogen (secondary N) is 1. The van der Waals surface area contributed by atoms with Crippen molar-refractivity contribution in [2.24, 2.45) is 13.0 Å². The lowest BCUT2D eigenvalue weighted by atomic mass is 9.91. The van der Waals surface area contributed by atoms with Crippen LogP contribution in [0.4, 0.5) is 10.1 Å². The van der Waals surface area contributed by atoms with Gasteiger partial charge in [0.15, 0.2) is 0 Å². The summed E-state index contributed by atoms with van der Waals surface area (Å²) in [5.41, 5.74) is 2.52. The molecule has 0 unspecified atom stereocenters. The van der Waals surface area contributed by atoms with Crippen LogP contribution in [0.3, 0.4) is 0 Å². The molecule has 0 spiro atoms. The van der Waals surface area contributed by atoms with E-state index >= 15 is 0 Å². The summed E-state index contributed by atoms with van der Waals surface area (Å²) in [7, 11) is 1.78. The molecule has 1 N–H and O–H groups in total. The van der Waals surface area contributed by atoms with Crippen molar-refractivity contribution in [2.75, 3.05) is 18.4 Å². The molecule has 4 rings (SSSR count). The van der Waals surface area contributed by atoms with Crippen LogP contribution in [0.15, 0.2) is 41.1 Å². The van der Waals surface area contributed by atoms with Gasteiger partial charge in [0.05, 0.1) is 17.0 Å². The smallest absolute Gasteiger partial charge is 0.292 e. The van der Waals surface area contributed by atoms with Crippen molar-refractivity contribution in [3.8, 4) is 0 Å². The molecular weight excluding hydrogens is 413 g/mol. The third-order valence-electron chi connectivity index (χ3n) is 5.77. The number of piperidine rings is 1. The Hall–Kier alpha value is -3.49. The predicted octanol–water partition coefficient (Wildman–Crippen LogP) is 3.46. The highest BCUT2D eigenvalue weighted by Gasteiger charge is 2.28. The Morgan fingerprint density at radius 3 is 2.59 bits per heavy atom. The summed E-state index contributed by atoms with van der Waals surface area (Å²) in [5.74, 6) is -0.168. The monoisotopic (exact) mass is 439 g/mol. The second kappa shape index (κ2) is 9.33. The number of hydrogen-bond acceptors (Lipinski definition) is 5. The van der Waals surface area contributed by atoms with Crippen LogP contribution in [-0.4, -0.2) is 44.7 Å². The molecule has 3 aromatic rings. The van der Waals surface area contributed by atoms with Gasteiger partial charge in [-0.25, -0.2) is 4.39 Å². The number of benzene rings is 1. The molecule has 168 valence electrons. The molecule has 1 aliphatic heterocycles. The number of anilines is 1. The first-order valence-corrected chi connectivity index (χ1v) is 10.8. The molecule has 2 amide bonds. The van der Waals surface area contributed by atoms with Crippen molar-refractivity contribution in [2.45, 2.75) is 32.6 Å². The number of hydrogen-bond donors (Lipinski definition) is 1. The van der Waals surface area contributed by atoms with E-state index < -0.39 is 0 Å². The Morgan fingerprint density at radius 2 is 1.94 bits per heavy atom. The Morgan fingerprint density at radius 1 is 1.22 bits per heavy atom. The molecule has 2 aromatic heterocycles. The minimum atomic E-state index is -0.357. The van der Waals surface area contributed by atoms with Gasteiger partial charge in [0, 0.05) is 38.1 Å². The van der Waals surface area contributed by atoms with E-state index in [1.54, 1.807) is 28.9 Å². The lowest BCUT2D eigenvalue weighted by Crippen LogP contribution is -2.38. The van der Waals surface area contributed by atoms with E-state index in [0.717, 1.165) is 30.7 Å². The Labute approximate surface area is 185 Å². The maximum atomic E-state index is 13.1. The topological polar surface area (TPSA) is 93.3 Å². The first-order valence-electron chi connectivity index (χ1n) is 10.8. The van der Waals surface area contributed by atoms with Gasteiger partial charge < -0.3 is 14.7 Å². The van der Waals surface area contributed by atoms with Gasteiger partial charge in [-0.05, 0) is 55.9 Å². The van der Waals surface area contributed by atoms with Gasteiger partial charge in [0.2, 0.25) is 5.76 Å². The summed E-state index contributed by atoms with van der Waals surface area (Å²) < 4.78 is 19.9. The molecule has 0 atom stereocenters. The number of halogens is 1. The minimum Gasteiger partial charge on any atom is -0.351 e. The van der Waals surface area contributed by atoms with Crippen LogP contribution in [0.1, 0.15) is 52.1 Å². The zero-order valence-corrected chi connectivity index (χ0v) is 18.2. The molecule has 0 bridgehead atoms. The quantitative estimate of drug-likeness (QED) is 0.635. The lowest BCUT2D eigenvalue weighted by molar-refractivity contribution is 0.0648. The predicted molar refractivity (Wildman–Crippen MR) is 116 cm³/mol. The molecule has 1 fully saturated rings. The number of carbonyl (C=O) groups is 2. The Bertz CT molecular complexity index is 1100. The number of amides is 2. The summed E-state index contributed by atoms with van der Waals surface area (Å²) in [6.45, 7) is 3.20. The van der Waals surface area contributed by atoms with Crippen LogP contribution in [0.25, 0.3) is 0 Å². The zero-order valence-electron chi connectivity index (χ0n) is 18.2. The van der Waals surface area contributed by atoms with Crippen molar-refractivity contribution in [3.05, 3.63) is 65.1 Å². The Kier molecular flexibility index (Phi) is 6.34. The number of nitrogens with zero attached hydrogens (tertiary/aromatic N) is 4. The first kappa shape index (κ1) is 21.7. The summed E-state index contributed by atoms with van der Waals surface area (Å²) in [6.07, 6.45) is 4.70. The molecule has 3 heterocycles. The molecule has 1 aromatic carbocycles. The van der Waals surface area contributed by atoms with Crippen LogP contribution in [0, 0.1) is 11.7 Å². The molecular formula is C23H26FN5O3. The van der Waals surface area contributed by atoms with Crippen molar-refractivity contribution >= 4 is 17.5 Å². The molecule has 8 nitrogen and oxygen atoms in total. The summed E-state index contributed by atoms with van der Waals surface area (Å²) in [5, 5.41) is 11.2. The van der Waals surface area contributed by atoms with E-state index in [9.17, 15) is 14.0 Å². The average molecular weight is 439 g/mol. The summed E-state index contributed by atoms with van der Waals surface area (Å²) in [6, 6.07) is 7.35. The summed E-state index contributed by atoms with van der Waals surface area (Å²) >= 11 is 0.